The molecule has 0 spiro atoms. The Morgan fingerprint density at radius 3 is 2.69 bits per heavy atom. The summed E-state index contributed by atoms with van der Waals surface area (Å²) in [6, 6.07) is 9.02. The molecule has 10 heteroatoms. The van der Waals surface area contributed by atoms with Crippen LogP contribution in [0.25, 0.3) is 10.9 Å². The van der Waals surface area contributed by atoms with Crippen molar-refractivity contribution in [3.63, 3.8) is 0 Å². The van der Waals surface area contributed by atoms with Gasteiger partial charge in [-0.2, -0.15) is 0 Å². The van der Waals surface area contributed by atoms with Crippen LogP contribution in [0.15, 0.2) is 41.4 Å². The molecule has 0 atom stereocenters. The molecular weight excluding hydrogens is 488 g/mol. The number of anilines is 2. The molecule has 2 aliphatic heterocycles. The summed E-state index contributed by atoms with van der Waals surface area (Å²) in [5, 5.41) is 3.49. The van der Waals surface area contributed by atoms with Crippen LogP contribution in [0.4, 0.5) is 11.4 Å². The van der Waals surface area contributed by atoms with Crippen molar-refractivity contribution < 1.29 is 17.9 Å². The fraction of sp³-hybridized carbons (Fsp3) is 0.360. The maximum absolute atomic E-state index is 13.6. The number of rotatable bonds is 5. The van der Waals surface area contributed by atoms with E-state index in [-0.39, 0.29) is 22.9 Å². The first-order chi connectivity index (χ1) is 16.3. The number of aromatic nitrogens is 1. The number of pyridine rings is 1. The monoisotopic (exact) mass is 516 g/mol. The number of benzene rings is 2. The summed E-state index contributed by atoms with van der Waals surface area (Å²) in [4.78, 5) is 19.2. The van der Waals surface area contributed by atoms with Gasteiger partial charge in [-0.25, -0.2) is 8.42 Å². The Hall–Kier alpha value is -2.88. The zero-order valence-electron chi connectivity index (χ0n) is 19.7. The summed E-state index contributed by atoms with van der Waals surface area (Å²) < 4.78 is 32.8. The average molecular weight is 517 g/mol. The van der Waals surface area contributed by atoms with Gasteiger partial charge in [-0.1, -0.05) is 6.07 Å². The van der Waals surface area contributed by atoms with E-state index in [0.29, 0.717) is 36.0 Å². The van der Waals surface area contributed by atoms with E-state index in [1.54, 1.807) is 12.1 Å². The number of carbonyl (C=O) groups is 1. The van der Waals surface area contributed by atoms with E-state index in [1.807, 2.05) is 32.2 Å². The number of halogens is 1. The first kappa shape index (κ1) is 25.2. The van der Waals surface area contributed by atoms with Gasteiger partial charge < -0.3 is 20.7 Å². The molecule has 35 heavy (non-hydrogen) atoms. The number of ether oxygens (including phenoxy) is 1. The molecule has 1 fully saturated rings. The number of amides is 1. The number of hydrogen-bond acceptors (Lipinski definition) is 7. The molecule has 0 unspecified atom stereocenters. The number of aryl methyl sites for hydroxylation is 1. The summed E-state index contributed by atoms with van der Waals surface area (Å²) in [7, 11) is -1.55. The fourth-order valence-electron chi connectivity index (χ4n) is 4.89. The first-order valence-electron chi connectivity index (χ1n) is 11.4. The van der Waals surface area contributed by atoms with Gasteiger partial charge >= 0.3 is 0 Å². The summed E-state index contributed by atoms with van der Waals surface area (Å²) in [6.45, 7) is 3.92. The second kappa shape index (κ2) is 9.64. The molecule has 3 aromatic rings. The molecule has 1 aromatic heterocycles. The molecule has 0 radical (unpaired) electrons. The quantitative estimate of drug-likeness (QED) is 0.532. The van der Waals surface area contributed by atoms with Crippen LogP contribution < -0.4 is 15.8 Å². The van der Waals surface area contributed by atoms with Crippen LogP contribution in [-0.2, 0) is 16.3 Å². The number of likely N-dealkylation sites (tertiary alicyclic amines) is 1. The predicted molar refractivity (Wildman–Crippen MR) is 139 cm³/mol. The summed E-state index contributed by atoms with van der Waals surface area (Å²) in [6.07, 6.45) is 3.38. The second-order valence-corrected chi connectivity index (χ2v) is 11.3. The highest BCUT2D eigenvalue weighted by atomic mass is 35.5. The number of piperidine rings is 1. The topological polar surface area (TPSA) is 115 Å². The van der Waals surface area contributed by atoms with Crippen molar-refractivity contribution in [3.05, 3.63) is 53.2 Å². The molecule has 186 valence electrons. The van der Waals surface area contributed by atoms with Crippen LogP contribution in [0.2, 0.25) is 0 Å². The van der Waals surface area contributed by atoms with Crippen LogP contribution >= 0.6 is 12.4 Å². The number of nitrogens with zero attached hydrogens (tertiary/aromatic N) is 2. The highest BCUT2D eigenvalue weighted by molar-refractivity contribution is 7.92. The fourth-order valence-corrected chi connectivity index (χ4v) is 6.73. The Morgan fingerprint density at radius 1 is 1.23 bits per heavy atom. The third-order valence-electron chi connectivity index (χ3n) is 6.84. The lowest BCUT2D eigenvalue weighted by Gasteiger charge is -2.28. The van der Waals surface area contributed by atoms with Crippen molar-refractivity contribution in [2.45, 2.75) is 36.3 Å². The Bertz CT molecular complexity index is 1400. The molecule has 0 bridgehead atoms. The van der Waals surface area contributed by atoms with Crippen molar-refractivity contribution in [1.29, 1.82) is 0 Å². The van der Waals surface area contributed by atoms with E-state index in [4.69, 9.17) is 10.5 Å². The summed E-state index contributed by atoms with van der Waals surface area (Å²) in [5.74, 6) is 0.160. The third-order valence-corrected chi connectivity index (χ3v) is 9.08. The minimum atomic E-state index is -3.55. The lowest BCUT2D eigenvalue weighted by molar-refractivity contribution is 0.100. The number of sulfone groups is 1. The predicted octanol–water partition coefficient (Wildman–Crippen LogP) is 3.61. The number of carbonyl (C=O) groups excluding carboxylic acids is 1. The van der Waals surface area contributed by atoms with Gasteiger partial charge in [0.15, 0.2) is 9.84 Å². The van der Waals surface area contributed by atoms with Crippen molar-refractivity contribution in [3.8, 4) is 5.75 Å². The van der Waals surface area contributed by atoms with E-state index >= 15 is 0 Å². The third kappa shape index (κ3) is 4.55. The Morgan fingerprint density at radius 2 is 1.97 bits per heavy atom. The Labute approximate surface area is 211 Å². The molecule has 1 saturated heterocycles. The Balaban J connectivity index is 0.00000289. The number of primary amides is 1. The van der Waals surface area contributed by atoms with E-state index in [2.05, 4.69) is 15.2 Å². The number of hydrogen-bond donors (Lipinski definition) is 2. The molecule has 0 saturated carbocycles. The van der Waals surface area contributed by atoms with E-state index < -0.39 is 21.0 Å². The minimum absolute atomic E-state index is 0. The highest BCUT2D eigenvalue weighted by Crippen LogP contribution is 2.38. The van der Waals surface area contributed by atoms with Crippen molar-refractivity contribution in [2.24, 2.45) is 5.73 Å². The van der Waals surface area contributed by atoms with Crippen molar-refractivity contribution in [1.82, 2.24) is 9.88 Å². The van der Waals surface area contributed by atoms with E-state index in [9.17, 15) is 13.2 Å². The van der Waals surface area contributed by atoms with Gasteiger partial charge in [0.1, 0.15) is 5.75 Å². The van der Waals surface area contributed by atoms with Gasteiger partial charge in [0.2, 0.25) is 0 Å². The van der Waals surface area contributed by atoms with Crippen molar-refractivity contribution >= 4 is 50.4 Å². The summed E-state index contributed by atoms with van der Waals surface area (Å²) in [5.41, 5.74) is 9.52. The smallest absolute Gasteiger partial charge is 0.252 e. The number of nitrogens with one attached hydrogen (secondary N) is 1. The second-order valence-electron chi connectivity index (χ2n) is 9.10. The van der Waals surface area contributed by atoms with Crippen LogP contribution in [0.3, 0.4) is 0 Å². The molecule has 0 aliphatic carbocycles. The van der Waals surface area contributed by atoms with Gasteiger partial charge in [-0.3, -0.25) is 9.78 Å². The van der Waals surface area contributed by atoms with Gasteiger partial charge in [0.25, 0.3) is 5.91 Å². The van der Waals surface area contributed by atoms with Crippen LogP contribution in [-0.4, -0.2) is 56.2 Å². The first-order valence-corrected chi connectivity index (χ1v) is 13.0. The maximum atomic E-state index is 13.6. The van der Waals surface area contributed by atoms with Crippen molar-refractivity contribution in [2.75, 3.05) is 32.1 Å². The maximum Gasteiger partial charge on any atom is 0.252 e. The highest BCUT2D eigenvalue weighted by Gasteiger charge is 2.31. The lowest BCUT2D eigenvalue weighted by Crippen LogP contribution is -2.37. The zero-order valence-corrected chi connectivity index (χ0v) is 21.3. The SMILES string of the molecule is Cc1cc(S(=O)(=O)C2CCN(C)CC2)cc2c(Nc3cccc4c3CCO4)c(C(N)=O)cnc12.Cl. The molecule has 2 aromatic carbocycles. The molecule has 1 amide bonds. The van der Waals surface area contributed by atoms with Crippen LogP contribution in [0.1, 0.15) is 34.3 Å². The molecule has 3 heterocycles. The Kier molecular flexibility index (Phi) is 6.95. The van der Waals surface area contributed by atoms with Gasteiger partial charge in [-0.05, 0) is 69.7 Å². The zero-order chi connectivity index (χ0) is 24.0. The molecule has 8 nitrogen and oxygen atoms in total. The summed E-state index contributed by atoms with van der Waals surface area (Å²) >= 11 is 0. The van der Waals surface area contributed by atoms with Crippen LogP contribution in [0, 0.1) is 6.92 Å². The standard InChI is InChI=1S/C25H28N4O4S.ClH/c1-15-12-17(34(31,32)16-6-9-29(2)10-7-16)13-19-23(15)27-14-20(25(26)30)24(19)28-21-4-3-5-22-18(21)8-11-33-22;/h3-5,12-14,16H,6-11H2,1-2H3,(H2,26,30)(H,27,28);1H. The van der Waals surface area contributed by atoms with Crippen LogP contribution in [0.5, 0.6) is 5.75 Å². The normalized spacial score (nSPS) is 16.4. The van der Waals surface area contributed by atoms with Gasteiger partial charge in [-0.15, -0.1) is 12.4 Å². The van der Waals surface area contributed by atoms with E-state index in [1.165, 1.54) is 6.20 Å². The molecule has 3 N–H and O–H groups in total. The molecular formula is C25H29ClN4O4S. The largest absolute Gasteiger partial charge is 0.493 e. The molecule has 5 rings (SSSR count). The van der Waals surface area contributed by atoms with E-state index in [0.717, 1.165) is 42.1 Å². The lowest BCUT2D eigenvalue weighted by atomic mass is 10.0. The molecule has 2 aliphatic rings. The minimum Gasteiger partial charge on any atom is -0.493 e. The van der Waals surface area contributed by atoms with Gasteiger partial charge in [0, 0.05) is 29.3 Å². The number of nitrogens with two attached hydrogens (primary N) is 1. The average Bonchev–Trinajstić information content (AvgIpc) is 3.29. The number of fused-ring (bicyclic) bond motifs is 2. The van der Waals surface area contributed by atoms with Gasteiger partial charge in [0.05, 0.1) is 33.5 Å².